The van der Waals surface area contributed by atoms with E-state index in [4.69, 9.17) is 9.47 Å². The molecule has 0 aromatic heterocycles. The van der Waals surface area contributed by atoms with Gasteiger partial charge in [-0.1, -0.05) is 12.1 Å². The van der Waals surface area contributed by atoms with E-state index in [1.165, 1.54) is 11.8 Å². The van der Waals surface area contributed by atoms with Crippen LogP contribution in [0.15, 0.2) is 24.3 Å². The van der Waals surface area contributed by atoms with Crippen LogP contribution >= 0.6 is 0 Å². The van der Waals surface area contributed by atoms with Crippen molar-refractivity contribution >= 4 is 23.7 Å². The molecule has 1 rings (SSSR count). The number of carbonyl (C=O) groups excluding carboxylic acids is 3. The number of esters is 1. The van der Waals surface area contributed by atoms with Crippen molar-refractivity contribution in [3.63, 3.8) is 0 Å². The van der Waals surface area contributed by atoms with E-state index < -0.39 is 17.7 Å². The standard InChI is InChI=1S/C18H26N2O5/c1-6-24-16(22)14-9-7-8-10-15(14)20(13(2)21)12-11-19-17(23)25-18(3,4)5/h7-10H,6,11-12H2,1-5H3,(H,19,23). The number of hydrogen-bond acceptors (Lipinski definition) is 5. The first-order chi connectivity index (χ1) is 11.7. The predicted molar refractivity (Wildman–Crippen MR) is 94.7 cm³/mol. The van der Waals surface area contributed by atoms with Crippen LogP contribution in [0, 0.1) is 0 Å². The molecular weight excluding hydrogens is 324 g/mol. The second-order valence-electron chi connectivity index (χ2n) is 6.34. The maximum absolute atomic E-state index is 12.1. The van der Waals surface area contributed by atoms with Crippen LogP contribution in [-0.4, -0.2) is 43.3 Å². The van der Waals surface area contributed by atoms with Crippen molar-refractivity contribution in [3.8, 4) is 0 Å². The average Bonchev–Trinajstić information content (AvgIpc) is 2.50. The lowest BCUT2D eigenvalue weighted by Crippen LogP contribution is -2.40. The highest BCUT2D eigenvalue weighted by Gasteiger charge is 2.21. The summed E-state index contributed by atoms with van der Waals surface area (Å²) in [6, 6.07) is 6.70. The summed E-state index contributed by atoms with van der Waals surface area (Å²) in [5.41, 5.74) is 0.150. The SMILES string of the molecule is CCOC(=O)c1ccccc1N(CCNC(=O)OC(C)(C)C)C(C)=O. The lowest BCUT2D eigenvalue weighted by atomic mass is 10.1. The number of hydrogen-bond donors (Lipinski definition) is 1. The summed E-state index contributed by atoms with van der Waals surface area (Å²) >= 11 is 0. The molecule has 0 radical (unpaired) electrons. The lowest BCUT2D eigenvalue weighted by molar-refractivity contribution is -0.116. The minimum absolute atomic E-state index is 0.186. The molecule has 0 atom stereocenters. The van der Waals surface area contributed by atoms with Crippen molar-refractivity contribution in [2.24, 2.45) is 0 Å². The number of anilines is 1. The first kappa shape index (κ1) is 20.5. The predicted octanol–water partition coefficient (Wildman–Crippen LogP) is 2.74. The number of rotatable bonds is 6. The number of carbonyl (C=O) groups is 3. The van der Waals surface area contributed by atoms with Crippen molar-refractivity contribution in [1.82, 2.24) is 5.32 Å². The van der Waals surface area contributed by atoms with Crippen LogP contribution in [0.5, 0.6) is 0 Å². The van der Waals surface area contributed by atoms with Gasteiger partial charge in [0.1, 0.15) is 5.60 Å². The van der Waals surface area contributed by atoms with Gasteiger partial charge in [-0.3, -0.25) is 4.79 Å². The Morgan fingerprint density at radius 1 is 1.16 bits per heavy atom. The third-order valence-electron chi connectivity index (χ3n) is 3.07. The topological polar surface area (TPSA) is 84.9 Å². The van der Waals surface area contributed by atoms with Gasteiger partial charge in [0, 0.05) is 20.0 Å². The summed E-state index contributed by atoms with van der Waals surface area (Å²) in [6.07, 6.45) is -0.560. The molecule has 0 saturated carbocycles. The first-order valence-electron chi connectivity index (χ1n) is 8.16. The molecular formula is C18H26N2O5. The molecule has 0 aliphatic carbocycles. The van der Waals surface area contributed by atoms with E-state index in [1.807, 2.05) is 0 Å². The van der Waals surface area contributed by atoms with Crippen LogP contribution in [0.4, 0.5) is 10.5 Å². The minimum atomic E-state index is -0.596. The van der Waals surface area contributed by atoms with Gasteiger partial charge in [0.05, 0.1) is 17.9 Å². The molecule has 0 aliphatic rings. The fraction of sp³-hybridized carbons (Fsp3) is 0.500. The van der Waals surface area contributed by atoms with Gasteiger partial charge in [-0.05, 0) is 39.8 Å². The normalized spacial score (nSPS) is 10.8. The smallest absolute Gasteiger partial charge is 0.407 e. The van der Waals surface area contributed by atoms with Gasteiger partial charge in [-0.2, -0.15) is 0 Å². The number of benzene rings is 1. The Kier molecular flexibility index (Phi) is 7.42. The van der Waals surface area contributed by atoms with Crippen LogP contribution in [-0.2, 0) is 14.3 Å². The molecule has 0 bridgehead atoms. The van der Waals surface area contributed by atoms with Crippen molar-refractivity contribution in [2.45, 2.75) is 40.2 Å². The summed E-state index contributed by atoms with van der Waals surface area (Å²) in [6.45, 7) is 9.05. The van der Waals surface area contributed by atoms with Crippen molar-refractivity contribution < 1.29 is 23.9 Å². The highest BCUT2D eigenvalue weighted by Crippen LogP contribution is 2.21. The van der Waals surface area contributed by atoms with E-state index in [0.29, 0.717) is 11.3 Å². The Hall–Kier alpha value is -2.57. The Morgan fingerprint density at radius 3 is 2.36 bits per heavy atom. The fourth-order valence-corrected chi connectivity index (χ4v) is 2.12. The molecule has 1 N–H and O–H groups in total. The number of nitrogens with zero attached hydrogens (tertiary/aromatic N) is 1. The van der Waals surface area contributed by atoms with E-state index in [0.717, 1.165) is 0 Å². The Labute approximate surface area is 148 Å². The van der Waals surface area contributed by atoms with Gasteiger partial charge < -0.3 is 19.7 Å². The summed E-state index contributed by atoms with van der Waals surface area (Å²) in [5.74, 6) is -0.743. The largest absolute Gasteiger partial charge is 0.462 e. The van der Waals surface area contributed by atoms with Crippen molar-refractivity contribution in [3.05, 3.63) is 29.8 Å². The zero-order chi connectivity index (χ0) is 19.0. The van der Waals surface area contributed by atoms with Crippen LogP contribution in [0.3, 0.4) is 0 Å². The number of nitrogens with one attached hydrogen (secondary N) is 1. The summed E-state index contributed by atoms with van der Waals surface area (Å²) in [7, 11) is 0. The molecule has 7 heteroatoms. The van der Waals surface area contributed by atoms with E-state index in [-0.39, 0.29) is 25.6 Å². The van der Waals surface area contributed by atoms with Gasteiger partial charge in [0.2, 0.25) is 5.91 Å². The number of para-hydroxylation sites is 1. The highest BCUT2D eigenvalue weighted by molar-refractivity contribution is 6.02. The molecule has 138 valence electrons. The average molecular weight is 350 g/mol. The van der Waals surface area contributed by atoms with E-state index in [2.05, 4.69) is 5.32 Å². The third kappa shape index (κ3) is 6.82. The second-order valence-corrected chi connectivity index (χ2v) is 6.34. The Balaban J connectivity index is 2.83. The van der Waals surface area contributed by atoms with E-state index in [1.54, 1.807) is 52.0 Å². The molecule has 0 saturated heterocycles. The second kappa shape index (κ2) is 9.05. The van der Waals surface area contributed by atoms with Crippen molar-refractivity contribution in [2.75, 3.05) is 24.6 Å². The molecule has 0 spiro atoms. The molecule has 0 aliphatic heterocycles. The third-order valence-corrected chi connectivity index (χ3v) is 3.07. The monoisotopic (exact) mass is 350 g/mol. The summed E-state index contributed by atoms with van der Waals surface area (Å²) in [5, 5.41) is 2.60. The van der Waals surface area contributed by atoms with Gasteiger partial charge >= 0.3 is 12.1 Å². The number of amides is 2. The number of ether oxygens (including phenoxy) is 2. The zero-order valence-electron chi connectivity index (χ0n) is 15.4. The van der Waals surface area contributed by atoms with Gasteiger partial charge in [-0.15, -0.1) is 0 Å². The molecule has 0 unspecified atom stereocenters. The fourth-order valence-electron chi connectivity index (χ4n) is 2.12. The van der Waals surface area contributed by atoms with Gasteiger partial charge in [-0.25, -0.2) is 9.59 Å². The van der Waals surface area contributed by atoms with Crippen LogP contribution in [0.2, 0.25) is 0 Å². The molecule has 7 nitrogen and oxygen atoms in total. The number of alkyl carbamates (subject to hydrolysis) is 1. The Bertz CT molecular complexity index is 622. The van der Waals surface area contributed by atoms with Crippen LogP contribution in [0.25, 0.3) is 0 Å². The molecule has 0 heterocycles. The lowest BCUT2D eigenvalue weighted by Gasteiger charge is -2.24. The highest BCUT2D eigenvalue weighted by atomic mass is 16.6. The van der Waals surface area contributed by atoms with Gasteiger partial charge in [0.25, 0.3) is 0 Å². The Morgan fingerprint density at radius 2 is 1.80 bits per heavy atom. The molecule has 25 heavy (non-hydrogen) atoms. The molecule has 1 aromatic carbocycles. The quantitative estimate of drug-likeness (QED) is 0.798. The van der Waals surface area contributed by atoms with Gasteiger partial charge in [0.15, 0.2) is 0 Å². The maximum Gasteiger partial charge on any atom is 0.407 e. The van der Waals surface area contributed by atoms with Crippen molar-refractivity contribution in [1.29, 1.82) is 0 Å². The minimum Gasteiger partial charge on any atom is -0.462 e. The van der Waals surface area contributed by atoms with E-state index >= 15 is 0 Å². The molecule has 0 fully saturated rings. The van der Waals surface area contributed by atoms with Crippen LogP contribution < -0.4 is 10.2 Å². The van der Waals surface area contributed by atoms with Crippen LogP contribution in [0.1, 0.15) is 45.0 Å². The first-order valence-corrected chi connectivity index (χ1v) is 8.16. The van der Waals surface area contributed by atoms with E-state index in [9.17, 15) is 14.4 Å². The summed E-state index contributed by atoms with van der Waals surface area (Å²) in [4.78, 5) is 37.2. The molecule has 1 aromatic rings. The summed E-state index contributed by atoms with van der Waals surface area (Å²) < 4.78 is 10.2. The molecule has 2 amide bonds. The maximum atomic E-state index is 12.1. The zero-order valence-corrected chi connectivity index (χ0v) is 15.4.